The van der Waals surface area contributed by atoms with Gasteiger partial charge in [-0.25, -0.2) is 9.67 Å². The minimum absolute atomic E-state index is 0.0819. The van der Waals surface area contributed by atoms with Gasteiger partial charge in [0.1, 0.15) is 6.54 Å². The van der Waals surface area contributed by atoms with E-state index < -0.39 is 0 Å². The molecule has 1 aliphatic heterocycles. The van der Waals surface area contributed by atoms with Crippen molar-refractivity contribution >= 4 is 27.5 Å². The summed E-state index contributed by atoms with van der Waals surface area (Å²) in [5.74, 6) is -0.236. The maximum Gasteiger partial charge on any atom is 0.294 e. The topological polar surface area (TPSA) is 86.1 Å². The number of amides is 1. The number of fused-ring (bicyclic) bond motifs is 1. The second-order valence-corrected chi connectivity index (χ2v) is 6.71. The van der Waals surface area contributed by atoms with Crippen molar-refractivity contribution < 1.29 is 9.53 Å². The molecule has 23 heavy (non-hydrogen) atoms. The highest BCUT2D eigenvalue weighted by atomic mass is 32.1. The Morgan fingerprint density at radius 2 is 2.35 bits per heavy atom. The van der Waals surface area contributed by atoms with E-state index in [0.29, 0.717) is 12.1 Å². The number of aromatic nitrogens is 3. The third-order valence-corrected chi connectivity index (χ3v) is 5.16. The Kier molecular flexibility index (Phi) is 4.72. The fraction of sp³-hybridized carbons (Fsp3) is 0.600. The van der Waals surface area contributed by atoms with Crippen LogP contribution in [0.1, 0.15) is 30.5 Å². The zero-order valence-corrected chi connectivity index (χ0v) is 14.1. The molecule has 1 atom stereocenters. The summed E-state index contributed by atoms with van der Waals surface area (Å²) >= 11 is 1.49. The van der Waals surface area contributed by atoms with Gasteiger partial charge in [0.05, 0.1) is 21.5 Å². The summed E-state index contributed by atoms with van der Waals surface area (Å²) in [5.41, 5.74) is 0.823. The first-order chi connectivity index (χ1) is 11.1. The number of hydrogen-bond acceptors (Lipinski definition) is 6. The summed E-state index contributed by atoms with van der Waals surface area (Å²) < 4.78 is 7.47. The van der Waals surface area contributed by atoms with Crippen molar-refractivity contribution in [2.75, 3.05) is 13.2 Å². The molecule has 7 nitrogen and oxygen atoms in total. The number of nitrogens with zero attached hydrogens (tertiary/aromatic N) is 3. The number of nitrogens with one attached hydrogen (secondary N) is 1. The van der Waals surface area contributed by atoms with Crippen molar-refractivity contribution in [1.82, 2.24) is 20.1 Å². The van der Waals surface area contributed by atoms with E-state index in [2.05, 4.69) is 15.4 Å². The van der Waals surface area contributed by atoms with Crippen LogP contribution in [0.4, 0.5) is 0 Å². The van der Waals surface area contributed by atoms with Crippen LogP contribution in [0.2, 0.25) is 0 Å². The van der Waals surface area contributed by atoms with Crippen LogP contribution in [0, 0.1) is 6.92 Å². The van der Waals surface area contributed by atoms with Crippen LogP contribution in [0.25, 0.3) is 10.2 Å². The van der Waals surface area contributed by atoms with Crippen LogP contribution < -0.4 is 10.9 Å². The van der Waals surface area contributed by atoms with Gasteiger partial charge in [0.25, 0.3) is 5.56 Å². The molecule has 0 saturated carbocycles. The highest BCUT2D eigenvalue weighted by molar-refractivity contribution is 7.18. The summed E-state index contributed by atoms with van der Waals surface area (Å²) in [5, 5.41) is 7.96. The van der Waals surface area contributed by atoms with Gasteiger partial charge in [-0.15, -0.1) is 11.3 Å². The molecule has 1 amide bonds. The molecular formula is C15H20N4O3S. The normalized spacial score (nSPS) is 17.7. The Bertz CT molecular complexity index is 777. The quantitative estimate of drug-likeness (QED) is 0.881. The van der Waals surface area contributed by atoms with Crippen molar-refractivity contribution in [2.45, 2.75) is 45.8 Å². The van der Waals surface area contributed by atoms with Crippen molar-refractivity contribution in [3.05, 3.63) is 21.1 Å². The Labute approximate surface area is 137 Å². The first-order valence-electron chi connectivity index (χ1n) is 7.84. The molecule has 0 aliphatic carbocycles. The largest absolute Gasteiger partial charge is 0.376 e. The second kappa shape index (κ2) is 6.76. The van der Waals surface area contributed by atoms with Gasteiger partial charge >= 0.3 is 0 Å². The van der Waals surface area contributed by atoms with Gasteiger partial charge < -0.3 is 10.1 Å². The predicted molar refractivity (Wildman–Crippen MR) is 87.8 cm³/mol. The van der Waals surface area contributed by atoms with Gasteiger partial charge in [0, 0.05) is 13.2 Å². The van der Waals surface area contributed by atoms with Gasteiger partial charge in [-0.05, 0) is 26.2 Å². The van der Waals surface area contributed by atoms with E-state index in [1.165, 1.54) is 16.0 Å². The number of carbonyl (C=O) groups excluding carboxylic acids is 1. The third kappa shape index (κ3) is 3.42. The minimum Gasteiger partial charge on any atom is -0.376 e. The Balaban J connectivity index is 1.75. The summed E-state index contributed by atoms with van der Waals surface area (Å²) in [6, 6.07) is 0. The van der Waals surface area contributed by atoms with Crippen LogP contribution in [0.5, 0.6) is 0 Å². The molecule has 2 aromatic rings. The molecule has 3 rings (SSSR count). The number of rotatable bonds is 5. The van der Waals surface area contributed by atoms with Crippen LogP contribution in [0.3, 0.4) is 0 Å². The lowest BCUT2D eigenvalue weighted by Crippen LogP contribution is -2.37. The van der Waals surface area contributed by atoms with E-state index in [4.69, 9.17) is 4.74 Å². The van der Waals surface area contributed by atoms with Gasteiger partial charge in [-0.2, -0.15) is 5.10 Å². The van der Waals surface area contributed by atoms with Crippen molar-refractivity contribution in [1.29, 1.82) is 0 Å². The Morgan fingerprint density at radius 1 is 1.52 bits per heavy atom. The lowest BCUT2D eigenvalue weighted by molar-refractivity contribution is -0.122. The van der Waals surface area contributed by atoms with E-state index >= 15 is 0 Å². The lowest BCUT2D eigenvalue weighted by Gasteiger charge is -2.11. The molecule has 0 aromatic carbocycles. The molecule has 1 saturated heterocycles. The van der Waals surface area contributed by atoms with Gasteiger partial charge in [0.15, 0.2) is 5.52 Å². The highest BCUT2D eigenvalue weighted by Gasteiger charge is 2.18. The monoisotopic (exact) mass is 336 g/mol. The molecular weight excluding hydrogens is 316 g/mol. The van der Waals surface area contributed by atoms with E-state index in [1.54, 1.807) is 0 Å². The first-order valence-corrected chi connectivity index (χ1v) is 8.65. The Hall–Kier alpha value is -1.80. The molecule has 124 valence electrons. The second-order valence-electron chi connectivity index (χ2n) is 5.63. The SMILES string of the molecule is CCc1nc2c(=O)n(CC(=O)NCC3CCCO3)nc(C)c2s1. The first kappa shape index (κ1) is 16.1. The minimum atomic E-state index is -0.311. The smallest absolute Gasteiger partial charge is 0.294 e. The number of aryl methyl sites for hydroxylation is 2. The molecule has 1 N–H and O–H groups in total. The zero-order valence-electron chi connectivity index (χ0n) is 13.3. The molecule has 1 unspecified atom stereocenters. The summed E-state index contributed by atoms with van der Waals surface area (Å²) in [7, 11) is 0. The van der Waals surface area contributed by atoms with Crippen LogP contribution >= 0.6 is 11.3 Å². The number of thiazole rings is 1. The molecule has 0 spiro atoms. The summed E-state index contributed by atoms with van der Waals surface area (Å²) in [4.78, 5) is 28.9. The van der Waals surface area contributed by atoms with Gasteiger partial charge in [-0.1, -0.05) is 6.92 Å². The van der Waals surface area contributed by atoms with Crippen molar-refractivity contribution in [3.8, 4) is 0 Å². The molecule has 1 aliphatic rings. The van der Waals surface area contributed by atoms with E-state index in [-0.39, 0.29) is 24.1 Å². The average Bonchev–Trinajstić information content (AvgIpc) is 3.19. The summed E-state index contributed by atoms with van der Waals surface area (Å²) in [6.07, 6.45) is 2.85. The highest BCUT2D eigenvalue weighted by Crippen LogP contribution is 2.21. The van der Waals surface area contributed by atoms with E-state index in [0.717, 1.165) is 41.3 Å². The number of hydrogen-bond donors (Lipinski definition) is 1. The number of ether oxygens (including phenoxy) is 1. The van der Waals surface area contributed by atoms with Crippen LogP contribution in [-0.2, 0) is 22.5 Å². The fourth-order valence-corrected chi connectivity index (χ4v) is 3.57. The number of carbonyl (C=O) groups is 1. The Morgan fingerprint density at radius 3 is 3.04 bits per heavy atom. The van der Waals surface area contributed by atoms with E-state index in [1.807, 2.05) is 13.8 Å². The molecule has 8 heteroatoms. The molecule has 0 radical (unpaired) electrons. The lowest BCUT2D eigenvalue weighted by atomic mass is 10.2. The molecule has 1 fully saturated rings. The fourth-order valence-electron chi connectivity index (χ4n) is 2.63. The van der Waals surface area contributed by atoms with Crippen LogP contribution in [0.15, 0.2) is 4.79 Å². The molecule has 0 bridgehead atoms. The molecule has 3 heterocycles. The van der Waals surface area contributed by atoms with Crippen LogP contribution in [-0.4, -0.2) is 39.9 Å². The standard InChI is InChI=1S/C15H20N4O3S/c1-3-12-17-13-14(23-12)9(2)18-19(15(13)21)8-11(20)16-7-10-5-4-6-22-10/h10H,3-8H2,1-2H3,(H,16,20). The van der Waals surface area contributed by atoms with Gasteiger partial charge in [0.2, 0.25) is 5.91 Å². The zero-order chi connectivity index (χ0) is 16.4. The van der Waals surface area contributed by atoms with E-state index in [9.17, 15) is 9.59 Å². The van der Waals surface area contributed by atoms with Crippen molar-refractivity contribution in [3.63, 3.8) is 0 Å². The maximum absolute atomic E-state index is 12.4. The third-order valence-electron chi connectivity index (χ3n) is 3.85. The average molecular weight is 336 g/mol. The maximum atomic E-state index is 12.4. The molecule has 2 aromatic heterocycles. The predicted octanol–water partition coefficient (Wildman–Crippen LogP) is 1.02. The summed E-state index contributed by atoms with van der Waals surface area (Å²) in [6.45, 7) is 4.96. The van der Waals surface area contributed by atoms with Gasteiger partial charge in [-0.3, -0.25) is 9.59 Å². The van der Waals surface area contributed by atoms with Crippen molar-refractivity contribution in [2.24, 2.45) is 0 Å².